The Labute approximate surface area is 101 Å². The third-order valence-electron chi connectivity index (χ3n) is 1.86. The molecule has 16 heavy (non-hydrogen) atoms. The highest BCUT2D eigenvalue weighted by Crippen LogP contribution is 2.29. The molecule has 1 aromatic carbocycles. The van der Waals surface area contributed by atoms with Gasteiger partial charge in [0.2, 0.25) is 0 Å². The molecule has 84 valence electrons. The number of hydrogen-bond acceptors (Lipinski definition) is 5. The second-order valence-electron chi connectivity index (χ2n) is 3.13. The van der Waals surface area contributed by atoms with Crippen LogP contribution in [0.25, 0.3) is 0 Å². The van der Waals surface area contributed by atoms with E-state index in [2.05, 4.69) is 14.7 Å². The van der Waals surface area contributed by atoms with E-state index in [1.165, 1.54) is 41.8 Å². The van der Waals surface area contributed by atoms with E-state index in [9.17, 15) is 4.39 Å². The van der Waals surface area contributed by atoms with Crippen LogP contribution in [0.4, 0.5) is 4.39 Å². The molecule has 2 aromatic rings. The highest BCUT2D eigenvalue weighted by Gasteiger charge is 2.04. The minimum atomic E-state index is -0.222. The summed E-state index contributed by atoms with van der Waals surface area (Å²) in [7, 11) is 1.84. The fraction of sp³-hybridized carbons (Fsp3) is 0.200. The van der Waals surface area contributed by atoms with Crippen LogP contribution in [0.15, 0.2) is 33.8 Å². The van der Waals surface area contributed by atoms with Gasteiger partial charge in [0.05, 0.1) is 0 Å². The minimum absolute atomic E-state index is 0.222. The minimum Gasteiger partial charge on any atom is -0.316 e. The summed E-state index contributed by atoms with van der Waals surface area (Å²) < 4.78 is 18.0. The van der Waals surface area contributed by atoms with E-state index in [0.29, 0.717) is 6.54 Å². The molecule has 0 unspecified atom stereocenters. The van der Waals surface area contributed by atoms with Gasteiger partial charge in [-0.3, -0.25) is 0 Å². The molecule has 0 amide bonds. The number of benzene rings is 1. The van der Waals surface area contributed by atoms with Gasteiger partial charge in [-0.1, -0.05) is 11.8 Å². The molecule has 0 saturated heterocycles. The number of nitrogens with zero attached hydrogens (tertiary/aromatic N) is 2. The zero-order chi connectivity index (χ0) is 11.4. The van der Waals surface area contributed by atoms with Gasteiger partial charge >= 0.3 is 0 Å². The molecular weight excluding hydrogens is 245 g/mol. The van der Waals surface area contributed by atoms with Crippen molar-refractivity contribution in [1.29, 1.82) is 0 Å². The summed E-state index contributed by atoms with van der Waals surface area (Å²) in [6, 6.07) is 4.98. The number of nitrogens with one attached hydrogen (secondary N) is 1. The van der Waals surface area contributed by atoms with Crippen molar-refractivity contribution in [3.05, 3.63) is 35.9 Å². The Morgan fingerprint density at radius 2 is 2.31 bits per heavy atom. The van der Waals surface area contributed by atoms with Crippen LogP contribution in [-0.4, -0.2) is 16.4 Å². The smallest absolute Gasteiger partial charge is 0.174 e. The Morgan fingerprint density at radius 3 is 3.00 bits per heavy atom. The summed E-state index contributed by atoms with van der Waals surface area (Å²) in [6.07, 6.45) is 1.50. The van der Waals surface area contributed by atoms with E-state index >= 15 is 0 Å². The lowest BCUT2D eigenvalue weighted by atomic mass is 10.2. The first-order chi connectivity index (χ1) is 7.78. The molecule has 1 N–H and O–H groups in total. The molecule has 0 atom stereocenters. The number of aromatic nitrogens is 2. The van der Waals surface area contributed by atoms with Crippen LogP contribution in [0.3, 0.4) is 0 Å². The van der Waals surface area contributed by atoms with Gasteiger partial charge in [-0.25, -0.2) is 9.37 Å². The molecule has 0 spiro atoms. The average molecular weight is 255 g/mol. The highest BCUT2D eigenvalue weighted by molar-refractivity contribution is 8.01. The molecule has 0 fully saturated rings. The molecule has 0 saturated carbocycles. The van der Waals surface area contributed by atoms with Crippen LogP contribution >= 0.6 is 23.3 Å². The van der Waals surface area contributed by atoms with Gasteiger partial charge in [-0.2, -0.15) is 4.37 Å². The van der Waals surface area contributed by atoms with E-state index in [1.54, 1.807) is 0 Å². The van der Waals surface area contributed by atoms with Crippen LogP contribution < -0.4 is 5.32 Å². The van der Waals surface area contributed by atoms with Crippen LogP contribution in [0.5, 0.6) is 0 Å². The predicted molar refractivity (Wildman–Crippen MR) is 63.2 cm³/mol. The lowest BCUT2D eigenvalue weighted by molar-refractivity contribution is 0.619. The standard InChI is InChI=1S/C10H10FN3S2/c1-12-5-7-2-8(11)4-9(3-7)15-10-13-6-14-16-10/h2-4,6,12H,5H2,1H3. The Hall–Kier alpha value is -0.980. The summed E-state index contributed by atoms with van der Waals surface area (Å²) in [5, 5.41) is 3.00. The van der Waals surface area contributed by atoms with Crippen LogP contribution in [0, 0.1) is 5.82 Å². The van der Waals surface area contributed by atoms with Gasteiger partial charge in [-0.05, 0) is 42.3 Å². The topological polar surface area (TPSA) is 37.8 Å². The largest absolute Gasteiger partial charge is 0.316 e. The zero-order valence-corrected chi connectivity index (χ0v) is 10.2. The maximum Gasteiger partial charge on any atom is 0.174 e. The van der Waals surface area contributed by atoms with Gasteiger partial charge in [0.25, 0.3) is 0 Å². The zero-order valence-electron chi connectivity index (χ0n) is 8.61. The van der Waals surface area contributed by atoms with Crippen molar-refractivity contribution in [3.63, 3.8) is 0 Å². The van der Waals surface area contributed by atoms with Crippen LogP contribution in [0.2, 0.25) is 0 Å². The van der Waals surface area contributed by atoms with E-state index in [1.807, 2.05) is 13.1 Å². The fourth-order valence-electron chi connectivity index (χ4n) is 1.29. The number of hydrogen-bond donors (Lipinski definition) is 1. The third kappa shape index (κ3) is 3.01. The summed E-state index contributed by atoms with van der Waals surface area (Å²) >= 11 is 2.73. The van der Waals surface area contributed by atoms with Gasteiger partial charge in [0, 0.05) is 11.4 Å². The van der Waals surface area contributed by atoms with E-state index in [-0.39, 0.29) is 5.82 Å². The lowest BCUT2D eigenvalue weighted by Gasteiger charge is -2.03. The molecule has 0 aliphatic heterocycles. The summed E-state index contributed by atoms with van der Waals surface area (Å²) in [6.45, 7) is 0.654. The highest BCUT2D eigenvalue weighted by atomic mass is 32.2. The van der Waals surface area contributed by atoms with E-state index in [0.717, 1.165) is 14.8 Å². The quantitative estimate of drug-likeness (QED) is 0.911. The van der Waals surface area contributed by atoms with Crippen molar-refractivity contribution in [1.82, 2.24) is 14.7 Å². The fourth-order valence-corrected chi connectivity index (χ4v) is 2.82. The summed E-state index contributed by atoms with van der Waals surface area (Å²) in [5.74, 6) is -0.222. The normalized spacial score (nSPS) is 10.6. The molecule has 0 radical (unpaired) electrons. The SMILES string of the molecule is CNCc1cc(F)cc(Sc2ncns2)c1. The molecule has 1 heterocycles. The molecular formula is C10H10FN3S2. The molecule has 0 bridgehead atoms. The van der Waals surface area contributed by atoms with Crippen molar-refractivity contribution in [2.75, 3.05) is 7.05 Å². The van der Waals surface area contributed by atoms with Crippen molar-refractivity contribution in [3.8, 4) is 0 Å². The summed E-state index contributed by atoms with van der Waals surface area (Å²) in [5.41, 5.74) is 0.925. The molecule has 1 aromatic heterocycles. The van der Waals surface area contributed by atoms with Gasteiger partial charge in [0.15, 0.2) is 4.34 Å². The molecule has 2 rings (SSSR count). The lowest BCUT2D eigenvalue weighted by Crippen LogP contribution is -2.05. The Bertz CT molecular complexity index is 459. The van der Waals surface area contributed by atoms with Crippen LogP contribution in [0.1, 0.15) is 5.56 Å². The van der Waals surface area contributed by atoms with Crippen molar-refractivity contribution >= 4 is 23.3 Å². The Balaban J connectivity index is 2.20. The van der Waals surface area contributed by atoms with Crippen molar-refractivity contribution < 1.29 is 4.39 Å². The predicted octanol–water partition coefficient (Wildman–Crippen LogP) is 2.55. The second-order valence-corrected chi connectivity index (χ2v) is 5.24. The molecule has 3 nitrogen and oxygen atoms in total. The van der Waals surface area contributed by atoms with E-state index in [4.69, 9.17) is 0 Å². The first-order valence-corrected chi connectivity index (χ1v) is 6.25. The van der Waals surface area contributed by atoms with Gasteiger partial charge in [0.1, 0.15) is 12.1 Å². The third-order valence-corrected chi connectivity index (χ3v) is 3.54. The molecule has 0 aliphatic rings. The summed E-state index contributed by atoms with van der Waals surface area (Å²) in [4.78, 5) is 4.90. The maximum atomic E-state index is 13.3. The first-order valence-electron chi connectivity index (χ1n) is 4.66. The van der Waals surface area contributed by atoms with Crippen molar-refractivity contribution in [2.24, 2.45) is 0 Å². The molecule has 0 aliphatic carbocycles. The maximum absolute atomic E-state index is 13.3. The first kappa shape index (κ1) is 11.5. The monoisotopic (exact) mass is 255 g/mol. The molecule has 6 heteroatoms. The van der Waals surface area contributed by atoms with Gasteiger partial charge in [-0.15, -0.1) is 0 Å². The second kappa shape index (κ2) is 5.38. The van der Waals surface area contributed by atoms with Crippen LogP contribution in [-0.2, 0) is 6.54 Å². The van der Waals surface area contributed by atoms with Crippen molar-refractivity contribution in [2.45, 2.75) is 15.8 Å². The Kier molecular flexibility index (Phi) is 3.87. The number of rotatable bonds is 4. The average Bonchev–Trinajstić information content (AvgIpc) is 2.70. The number of halogens is 1. The van der Waals surface area contributed by atoms with E-state index < -0.39 is 0 Å². The van der Waals surface area contributed by atoms with Gasteiger partial charge < -0.3 is 5.32 Å². The Morgan fingerprint density at radius 1 is 1.44 bits per heavy atom.